The number of hydrogen-bond acceptors (Lipinski definition) is 4. The highest BCUT2D eigenvalue weighted by Crippen LogP contribution is 2.20. The van der Waals surface area contributed by atoms with Gasteiger partial charge in [0.25, 0.3) is 0 Å². The van der Waals surface area contributed by atoms with Gasteiger partial charge < -0.3 is 10.6 Å². The molecule has 0 atom stereocenters. The third kappa shape index (κ3) is 5.22. The number of benzene rings is 1. The number of anilines is 1. The second-order valence-electron chi connectivity index (χ2n) is 6.08. The Morgan fingerprint density at radius 1 is 0.963 bits per heavy atom. The minimum absolute atomic E-state index is 0.0770. The molecule has 1 aromatic carbocycles. The summed E-state index contributed by atoms with van der Waals surface area (Å²) in [5.41, 5.74) is 4.33. The van der Waals surface area contributed by atoms with Gasteiger partial charge in [-0.2, -0.15) is 0 Å². The molecule has 2 heterocycles. The van der Waals surface area contributed by atoms with Gasteiger partial charge in [0.05, 0.1) is 12.1 Å². The van der Waals surface area contributed by atoms with Crippen molar-refractivity contribution in [2.75, 3.05) is 5.32 Å². The van der Waals surface area contributed by atoms with Crippen molar-refractivity contribution < 1.29 is 9.59 Å². The molecule has 6 heteroatoms. The molecule has 0 saturated carbocycles. The van der Waals surface area contributed by atoms with Crippen LogP contribution in [0.3, 0.4) is 0 Å². The number of amides is 2. The van der Waals surface area contributed by atoms with Crippen LogP contribution in [0.15, 0.2) is 67.1 Å². The van der Waals surface area contributed by atoms with Crippen LogP contribution in [0.1, 0.15) is 18.1 Å². The number of aromatic nitrogens is 2. The summed E-state index contributed by atoms with van der Waals surface area (Å²) in [7, 11) is 0. The molecule has 2 aromatic heterocycles. The maximum Gasteiger partial charge on any atom is 0.224 e. The van der Waals surface area contributed by atoms with E-state index in [1.54, 1.807) is 30.7 Å². The Morgan fingerprint density at radius 2 is 1.70 bits per heavy atom. The van der Waals surface area contributed by atoms with E-state index >= 15 is 0 Å². The van der Waals surface area contributed by atoms with Crippen LogP contribution in [0.25, 0.3) is 11.3 Å². The van der Waals surface area contributed by atoms with E-state index in [1.807, 2.05) is 36.4 Å². The zero-order valence-corrected chi connectivity index (χ0v) is 15.0. The first-order chi connectivity index (χ1) is 13.1. The fraction of sp³-hybridized carbons (Fsp3) is 0.143. The monoisotopic (exact) mass is 360 g/mol. The molecule has 2 amide bonds. The largest absolute Gasteiger partial charge is 0.352 e. The van der Waals surface area contributed by atoms with Crippen molar-refractivity contribution in [2.24, 2.45) is 0 Å². The Hall–Kier alpha value is -3.54. The standard InChI is InChI=1S/C21H20N4O2/c1-15(26)25-19-6-4-16(5-7-19)13-20(27)24-14-18-3-2-10-23-21(18)17-8-11-22-12-9-17/h2-12H,13-14H2,1H3,(H,24,27)(H,25,26). The normalized spacial score (nSPS) is 10.3. The Kier molecular flexibility index (Phi) is 5.89. The average Bonchev–Trinajstić information content (AvgIpc) is 2.68. The van der Waals surface area contributed by atoms with Crippen LogP contribution in [0, 0.1) is 0 Å². The van der Waals surface area contributed by atoms with Gasteiger partial charge in [-0.15, -0.1) is 0 Å². The molecular formula is C21H20N4O2. The van der Waals surface area contributed by atoms with E-state index in [0.717, 1.165) is 22.4 Å². The van der Waals surface area contributed by atoms with Crippen molar-refractivity contribution in [1.82, 2.24) is 15.3 Å². The molecule has 136 valence electrons. The molecule has 0 aliphatic rings. The highest BCUT2D eigenvalue weighted by atomic mass is 16.2. The molecule has 0 bridgehead atoms. The van der Waals surface area contributed by atoms with Crippen LogP contribution in [0.4, 0.5) is 5.69 Å². The summed E-state index contributed by atoms with van der Waals surface area (Å²) in [6.45, 7) is 1.86. The van der Waals surface area contributed by atoms with Crippen LogP contribution in [0.5, 0.6) is 0 Å². The lowest BCUT2D eigenvalue weighted by atomic mass is 10.1. The third-order valence-corrected chi connectivity index (χ3v) is 3.96. The minimum atomic E-state index is -0.123. The quantitative estimate of drug-likeness (QED) is 0.708. The van der Waals surface area contributed by atoms with Crippen LogP contribution >= 0.6 is 0 Å². The SMILES string of the molecule is CC(=O)Nc1ccc(CC(=O)NCc2cccnc2-c2ccncc2)cc1. The molecule has 0 spiro atoms. The van der Waals surface area contributed by atoms with Crippen LogP contribution < -0.4 is 10.6 Å². The van der Waals surface area contributed by atoms with Crippen molar-refractivity contribution in [3.8, 4) is 11.3 Å². The maximum atomic E-state index is 12.3. The molecular weight excluding hydrogens is 340 g/mol. The summed E-state index contributed by atoms with van der Waals surface area (Å²) in [6.07, 6.45) is 5.44. The Labute approximate surface area is 157 Å². The molecule has 0 radical (unpaired) electrons. The lowest BCUT2D eigenvalue weighted by Crippen LogP contribution is -2.25. The van der Waals surface area contributed by atoms with Gasteiger partial charge in [-0.1, -0.05) is 18.2 Å². The number of nitrogens with zero attached hydrogens (tertiary/aromatic N) is 2. The van der Waals surface area contributed by atoms with E-state index in [9.17, 15) is 9.59 Å². The number of rotatable bonds is 6. The topological polar surface area (TPSA) is 84.0 Å². The van der Waals surface area contributed by atoms with E-state index in [4.69, 9.17) is 0 Å². The van der Waals surface area contributed by atoms with Crippen LogP contribution in [-0.4, -0.2) is 21.8 Å². The predicted octanol–water partition coefficient (Wildman–Crippen LogP) is 2.96. The molecule has 27 heavy (non-hydrogen) atoms. The Balaban J connectivity index is 1.61. The lowest BCUT2D eigenvalue weighted by Gasteiger charge is -2.10. The molecule has 0 fully saturated rings. The lowest BCUT2D eigenvalue weighted by molar-refractivity contribution is -0.120. The van der Waals surface area contributed by atoms with Gasteiger partial charge in [0.15, 0.2) is 0 Å². The Bertz CT molecular complexity index is 924. The summed E-state index contributed by atoms with van der Waals surface area (Å²) >= 11 is 0. The first kappa shape index (κ1) is 18.3. The maximum absolute atomic E-state index is 12.3. The molecule has 0 unspecified atom stereocenters. The summed E-state index contributed by atoms with van der Waals surface area (Å²) in [5.74, 6) is -0.200. The summed E-state index contributed by atoms with van der Waals surface area (Å²) in [5, 5.41) is 5.64. The van der Waals surface area contributed by atoms with Gasteiger partial charge in [-0.05, 0) is 41.5 Å². The van der Waals surface area contributed by atoms with Gasteiger partial charge in [0.1, 0.15) is 0 Å². The summed E-state index contributed by atoms with van der Waals surface area (Å²) in [6, 6.07) is 14.8. The van der Waals surface area contributed by atoms with Crippen molar-refractivity contribution in [2.45, 2.75) is 19.9 Å². The second kappa shape index (κ2) is 8.71. The van der Waals surface area contributed by atoms with Crippen molar-refractivity contribution in [1.29, 1.82) is 0 Å². The van der Waals surface area contributed by atoms with Gasteiger partial charge in [0.2, 0.25) is 11.8 Å². The molecule has 3 rings (SSSR count). The fourth-order valence-corrected chi connectivity index (χ4v) is 2.70. The zero-order valence-electron chi connectivity index (χ0n) is 15.0. The summed E-state index contributed by atoms with van der Waals surface area (Å²) in [4.78, 5) is 31.8. The number of carbonyl (C=O) groups is 2. The van der Waals surface area contributed by atoms with Crippen molar-refractivity contribution in [3.63, 3.8) is 0 Å². The van der Waals surface area contributed by atoms with Crippen LogP contribution in [0.2, 0.25) is 0 Å². The van der Waals surface area contributed by atoms with Gasteiger partial charge in [-0.25, -0.2) is 0 Å². The van der Waals surface area contributed by atoms with Gasteiger partial charge in [-0.3, -0.25) is 19.6 Å². The van der Waals surface area contributed by atoms with Crippen LogP contribution in [-0.2, 0) is 22.6 Å². The van der Waals surface area contributed by atoms with E-state index in [1.165, 1.54) is 6.92 Å². The fourth-order valence-electron chi connectivity index (χ4n) is 2.70. The van der Waals surface area contributed by atoms with E-state index in [-0.39, 0.29) is 18.2 Å². The first-order valence-electron chi connectivity index (χ1n) is 8.59. The summed E-state index contributed by atoms with van der Waals surface area (Å²) < 4.78 is 0. The number of carbonyl (C=O) groups excluding carboxylic acids is 2. The average molecular weight is 360 g/mol. The number of hydrogen-bond donors (Lipinski definition) is 2. The molecule has 3 aromatic rings. The smallest absolute Gasteiger partial charge is 0.224 e. The van der Waals surface area contributed by atoms with Crippen molar-refractivity contribution in [3.05, 3.63) is 78.2 Å². The van der Waals surface area contributed by atoms with E-state index < -0.39 is 0 Å². The van der Waals surface area contributed by atoms with E-state index in [0.29, 0.717) is 12.2 Å². The first-order valence-corrected chi connectivity index (χ1v) is 8.59. The van der Waals surface area contributed by atoms with Gasteiger partial charge in [0, 0.05) is 43.3 Å². The number of nitrogens with one attached hydrogen (secondary N) is 2. The molecule has 0 saturated heterocycles. The molecule has 6 nitrogen and oxygen atoms in total. The van der Waals surface area contributed by atoms with Gasteiger partial charge >= 0.3 is 0 Å². The zero-order chi connectivity index (χ0) is 19.1. The highest BCUT2D eigenvalue weighted by Gasteiger charge is 2.09. The predicted molar refractivity (Wildman–Crippen MR) is 104 cm³/mol. The minimum Gasteiger partial charge on any atom is -0.352 e. The highest BCUT2D eigenvalue weighted by molar-refractivity contribution is 5.88. The van der Waals surface area contributed by atoms with E-state index in [2.05, 4.69) is 20.6 Å². The molecule has 2 N–H and O–H groups in total. The molecule has 0 aliphatic carbocycles. The Morgan fingerprint density at radius 3 is 2.41 bits per heavy atom. The second-order valence-corrected chi connectivity index (χ2v) is 6.08. The molecule has 0 aliphatic heterocycles. The number of pyridine rings is 2. The third-order valence-electron chi connectivity index (χ3n) is 3.96. The van der Waals surface area contributed by atoms with Crippen molar-refractivity contribution >= 4 is 17.5 Å².